The molecule has 2 aromatic rings. The molecule has 1 aliphatic carbocycles. The van der Waals surface area contributed by atoms with Gasteiger partial charge in [0.05, 0.1) is 17.3 Å². The highest BCUT2D eigenvalue weighted by molar-refractivity contribution is 5.99. The first-order valence-electron chi connectivity index (χ1n) is 10.2. The number of carbonyl (C=O) groups excluding carboxylic acids is 1. The first-order chi connectivity index (χ1) is 13.3. The van der Waals surface area contributed by atoms with Crippen molar-refractivity contribution in [1.29, 1.82) is 0 Å². The summed E-state index contributed by atoms with van der Waals surface area (Å²) in [5.74, 6) is 0.898. The van der Waals surface area contributed by atoms with E-state index < -0.39 is 0 Å². The summed E-state index contributed by atoms with van der Waals surface area (Å²) in [6, 6.07) is 10.3. The molecule has 5 heteroatoms. The van der Waals surface area contributed by atoms with E-state index >= 15 is 0 Å². The zero-order chi connectivity index (χ0) is 18.6. The molecule has 1 saturated heterocycles. The van der Waals surface area contributed by atoms with Gasteiger partial charge in [-0.05, 0) is 49.9 Å². The maximum absolute atomic E-state index is 13.5. The van der Waals surface area contributed by atoms with Gasteiger partial charge < -0.3 is 9.80 Å². The molecule has 2 aromatic heterocycles. The van der Waals surface area contributed by atoms with Crippen molar-refractivity contribution in [3.05, 3.63) is 54.0 Å². The summed E-state index contributed by atoms with van der Waals surface area (Å²) < 4.78 is 0. The van der Waals surface area contributed by atoms with Crippen LogP contribution in [-0.2, 0) is 0 Å². The summed E-state index contributed by atoms with van der Waals surface area (Å²) in [5.41, 5.74) is 1.70. The van der Waals surface area contributed by atoms with Crippen molar-refractivity contribution in [2.45, 2.75) is 57.0 Å². The Kier molecular flexibility index (Phi) is 5.37. The standard InChI is InChI=1S/C22H28N4O/c1-25(17-9-3-2-4-10-17)21-18(11-7-15-24-21)22(27)26-16-8-13-20(26)19-12-5-6-14-23-19/h5-7,11-12,14-15,17,20H,2-4,8-10,13,16H2,1H3/t20-/m0/s1. The van der Waals surface area contributed by atoms with Gasteiger partial charge >= 0.3 is 0 Å². The van der Waals surface area contributed by atoms with Crippen LogP contribution >= 0.6 is 0 Å². The lowest BCUT2D eigenvalue weighted by molar-refractivity contribution is 0.0733. The van der Waals surface area contributed by atoms with Gasteiger partial charge in [0.1, 0.15) is 5.82 Å². The first kappa shape index (κ1) is 18.0. The molecule has 2 fully saturated rings. The minimum absolute atomic E-state index is 0.0618. The molecular weight excluding hydrogens is 336 g/mol. The second-order valence-electron chi connectivity index (χ2n) is 7.69. The third kappa shape index (κ3) is 3.68. The summed E-state index contributed by atoms with van der Waals surface area (Å²) in [7, 11) is 2.09. The molecule has 1 atom stereocenters. The predicted octanol–water partition coefficient (Wildman–Crippen LogP) is 4.22. The van der Waals surface area contributed by atoms with Gasteiger partial charge in [-0.3, -0.25) is 9.78 Å². The molecule has 0 radical (unpaired) electrons. The van der Waals surface area contributed by atoms with E-state index in [9.17, 15) is 4.79 Å². The summed E-state index contributed by atoms with van der Waals surface area (Å²) in [4.78, 5) is 26.8. The average molecular weight is 364 g/mol. The number of pyridine rings is 2. The zero-order valence-electron chi connectivity index (χ0n) is 16.1. The molecule has 0 spiro atoms. The topological polar surface area (TPSA) is 49.3 Å². The predicted molar refractivity (Wildman–Crippen MR) is 107 cm³/mol. The van der Waals surface area contributed by atoms with Crippen LogP contribution in [0.4, 0.5) is 5.82 Å². The van der Waals surface area contributed by atoms with Crippen LogP contribution in [-0.4, -0.2) is 40.4 Å². The Hall–Kier alpha value is -2.43. The fourth-order valence-corrected chi connectivity index (χ4v) is 4.53. The molecule has 0 unspecified atom stereocenters. The van der Waals surface area contributed by atoms with Crippen LogP contribution in [0.1, 0.15) is 67.0 Å². The van der Waals surface area contributed by atoms with Crippen molar-refractivity contribution < 1.29 is 4.79 Å². The molecule has 142 valence electrons. The summed E-state index contributed by atoms with van der Waals surface area (Å²) in [5, 5.41) is 0. The number of aromatic nitrogens is 2. The van der Waals surface area contributed by atoms with E-state index in [1.165, 1.54) is 32.1 Å². The van der Waals surface area contributed by atoms with E-state index in [1.807, 2.05) is 41.4 Å². The van der Waals surface area contributed by atoms with Crippen LogP contribution in [0, 0.1) is 0 Å². The third-order valence-corrected chi connectivity index (χ3v) is 6.02. The Morgan fingerprint density at radius 3 is 2.59 bits per heavy atom. The third-order valence-electron chi connectivity index (χ3n) is 6.02. The molecule has 0 N–H and O–H groups in total. The fourth-order valence-electron chi connectivity index (χ4n) is 4.53. The number of anilines is 1. The van der Waals surface area contributed by atoms with Crippen molar-refractivity contribution >= 4 is 11.7 Å². The van der Waals surface area contributed by atoms with Crippen molar-refractivity contribution in [3.8, 4) is 0 Å². The molecule has 5 nitrogen and oxygen atoms in total. The average Bonchev–Trinajstić information content (AvgIpc) is 3.24. The molecule has 1 saturated carbocycles. The van der Waals surface area contributed by atoms with Gasteiger partial charge in [-0.2, -0.15) is 0 Å². The van der Waals surface area contributed by atoms with E-state index in [1.54, 1.807) is 6.20 Å². The maximum Gasteiger partial charge on any atom is 0.258 e. The lowest BCUT2D eigenvalue weighted by Gasteiger charge is -2.34. The summed E-state index contributed by atoms with van der Waals surface area (Å²) >= 11 is 0. The SMILES string of the molecule is CN(c1ncccc1C(=O)N1CCC[C@H]1c1ccccn1)C1CCCCC1. The minimum atomic E-state index is 0.0618. The lowest BCUT2D eigenvalue weighted by Crippen LogP contribution is -2.37. The molecule has 0 bridgehead atoms. The zero-order valence-corrected chi connectivity index (χ0v) is 16.1. The van der Waals surface area contributed by atoms with Crippen LogP contribution < -0.4 is 4.90 Å². The molecule has 1 aliphatic heterocycles. The quantitative estimate of drug-likeness (QED) is 0.815. The molecule has 0 aromatic carbocycles. The Balaban J connectivity index is 1.60. The van der Waals surface area contributed by atoms with Crippen LogP contribution in [0.5, 0.6) is 0 Å². The highest BCUT2D eigenvalue weighted by atomic mass is 16.2. The Morgan fingerprint density at radius 2 is 1.81 bits per heavy atom. The van der Waals surface area contributed by atoms with Crippen molar-refractivity contribution in [3.63, 3.8) is 0 Å². The number of amides is 1. The first-order valence-corrected chi connectivity index (χ1v) is 10.2. The van der Waals surface area contributed by atoms with Gasteiger partial charge in [-0.25, -0.2) is 4.98 Å². The van der Waals surface area contributed by atoms with Crippen LogP contribution in [0.2, 0.25) is 0 Å². The molecule has 2 aliphatic rings. The fraction of sp³-hybridized carbons (Fsp3) is 0.500. The normalized spacial score (nSPS) is 20.6. The molecule has 1 amide bonds. The van der Waals surface area contributed by atoms with E-state index in [0.29, 0.717) is 11.6 Å². The van der Waals surface area contributed by atoms with Gasteiger partial charge in [0.15, 0.2) is 0 Å². The van der Waals surface area contributed by atoms with Gasteiger partial charge in [-0.15, -0.1) is 0 Å². The number of nitrogens with zero attached hydrogens (tertiary/aromatic N) is 4. The Labute approximate surface area is 161 Å². The van der Waals surface area contributed by atoms with E-state index in [4.69, 9.17) is 0 Å². The molecule has 3 heterocycles. The van der Waals surface area contributed by atoms with Crippen LogP contribution in [0.3, 0.4) is 0 Å². The molecule has 27 heavy (non-hydrogen) atoms. The molecular formula is C22H28N4O. The van der Waals surface area contributed by atoms with Crippen molar-refractivity contribution in [1.82, 2.24) is 14.9 Å². The van der Waals surface area contributed by atoms with Crippen LogP contribution in [0.15, 0.2) is 42.7 Å². The van der Waals surface area contributed by atoms with E-state index in [2.05, 4.69) is 21.9 Å². The number of likely N-dealkylation sites (tertiary alicyclic amines) is 1. The van der Waals surface area contributed by atoms with Gasteiger partial charge in [0.2, 0.25) is 0 Å². The number of rotatable bonds is 4. The van der Waals surface area contributed by atoms with Crippen molar-refractivity contribution in [2.24, 2.45) is 0 Å². The van der Waals surface area contributed by atoms with E-state index in [0.717, 1.165) is 30.9 Å². The summed E-state index contributed by atoms with van der Waals surface area (Å²) in [6.07, 6.45) is 11.8. The Morgan fingerprint density at radius 1 is 1.00 bits per heavy atom. The minimum Gasteiger partial charge on any atom is -0.356 e. The highest BCUT2D eigenvalue weighted by Gasteiger charge is 2.33. The van der Waals surface area contributed by atoms with Gasteiger partial charge in [0, 0.05) is 32.0 Å². The van der Waals surface area contributed by atoms with Gasteiger partial charge in [-0.1, -0.05) is 25.3 Å². The summed E-state index contributed by atoms with van der Waals surface area (Å²) in [6.45, 7) is 0.779. The Bertz CT molecular complexity index is 773. The van der Waals surface area contributed by atoms with Crippen molar-refractivity contribution in [2.75, 3.05) is 18.5 Å². The number of hydrogen-bond acceptors (Lipinski definition) is 4. The van der Waals surface area contributed by atoms with E-state index in [-0.39, 0.29) is 11.9 Å². The van der Waals surface area contributed by atoms with Gasteiger partial charge in [0.25, 0.3) is 5.91 Å². The largest absolute Gasteiger partial charge is 0.356 e. The second-order valence-corrected chi connectivity index (χ2v) is 7.69. The highest BCUT2D eigenvalue weighted by Crippen LogP contribution is 2.34. The second kappa shape index (κ2) is 8.07. The lowest BCUT2D eigenvalue weighted by atomic mass is 9.94. The number of hydrogen-bond donors (Lipinski definition) is 0. The maximum atomic E-state index is 13.5. The number of carbonyl (C=O) groups is 1. The van der Waals surface area contributed by atoms with Crippen LogP contribution in [0.25, 0.3) is 0 Å². The monoisotopic (exact) mass is 364 g/mol. The molecule has 4 rings (SSSR count). The smallest absolute Gasteiger partial charge is 0.258 e.